The molecule has 2 N–H and O–H groups in total. The Hall–Kier alpha value is -1.33. The molecule has 2 unspecified atom stereocenters. The lowest BCUT2D eigenvalue weighted by Crippen LogP contribution is -2.42. The van der Waals surface area contributed by atoms with E-state index in [4.69, 9.17) is 4.74 Å². The zero-order valence-corrected chi connectivity index (χ0v) is 12.5. The third-order valence-electron chi connectivity index (χ3n) is 3.94. The van der Waals surface area contributed by atoms with Gasteiger partial charge in [0, 0.05) is 5.56 Å². The monoisotopic (exact) mass is 314 g/mol. The van der Waals surface area contributed by atoms with E-state index in [2.05, 4.69) is 10.6 Å². The average Bonchev–Trinajstić information content (AvgIpc) is 2.91. The number of rotatable bonds is 2. The van der Waals surface area contributed by atoms with Crippen LogP contribution in [-0.2, 0) is 4.79 Å². The number of hydrogen-bond donors (Lipinski definition) is 2. The van der Waals surface area contributed by atoms with Gasteiger partial charge in [-0.2, -0.15) is 0 Å². The predicted molar refractivity (Wildman–Crippen MR) is 80.3 cm³/mol. The molecule has 0 aliphatic carbocycles. The highest BCUT2D eigenvalue weighted by Crippen LogP contribution is 2.32. The summed E-state index contributed by atoms with van der Waals surface area (Å²) in [5.41, 5.74) is 0.744. The van der Waals surface area contributed by atoms with Crippen LogP contribution in [0.25, 0.3) is 0 Å². The summed E-state index contributed by atoms with van der Waals surface area (Å²) >= 11 is 0. The molecule has 1 fully saturated rings. The van der Waals surface area contributed by atoms with Gasteiger partial charge >= 0.3 is 0 Å². The Labute approximate surface area is 129 Å². The van der Waals surface area contributed by atoms with Gasteiger partial charge in [0.05, 0.1) is 18.7 Å². The summed E-state index contributed by atoms with van der Waals surface area (Å²) in [6, 6.07) is 4.22. The molecule has 1 aromatic carbocycles. The summed E-state index contributed by atoms with van der Waals surface area (Å²) in [5, 5.41) is 6.22. The molecular formula is C15H20ClFN2O2. The van der Waals surface area contributed by atoms with Gasteiger partial charge < -0.3 is 15.4 Å². The fourth-order valence-corrected chi connectivity index (χ4v) is 2.88. The van der Waals surface area contributed by atoms with Gasteiger partial charge in [0.2, 0.25) is 5.91 Å². The van der Waals surface area contributed by atoms with Crippen LogP contribution in [0.3, 0.4) is 0 Å². The molecule has 0 aromatic heterocycles. The smallest absolute Gasteiger partial charge is 0.237 e. The number of ether oxygens (including phenoxy) is 1. The SMILES string of the molecule is Cl.O=C(NC1CCCOc2ccc(F)cc21)C1CCCN1. The zero-order chi connectivity index (χ0) is 13.9. The van der Waals surface area contributed by atoms with E-state index >= 15 is 0 Å². The molecular weight excluding hydrogens is 295 g/mol. The second-order valence-electron chi connectivity index (χ2n) is 5.38. The van der Waals surface area contributed by atoms with Crippen molar-refractivity contribution >= 4 is 18.3 Å². The van der Waals surface area contributed by atoms with Gasteiger partial charge in [0.1, 0.15) is 11.6 Å². The Morgan fingerprint density at radius 3 is 2.95 bits per heavy atom. The molecule has 6 heteroatoms. The molecule has 2 aliphatic heterocycles. The summed E-state index contributed by atoms with van der Waals surface area (Å²) < 4.78 is 19.1. The minimum absolute atomic E-state index is 0. The molecule has 1 aromatic rings. The van der Waals surface area contributed by atoms with E-state index in [0.29, 0.717) is 12.4 Å². The average molecular weight is 315 g/mol. The summed E-state index contributed by atoms with van der Waals surface area (Å²) in [7, 11) is 0. The van der Waals surface area contributed by atoms with Gasteiger partial charge in [0.15, 0.2) is 0 Å². The fourth-order valence-electron chi connectivity index (χ4n) is 2.88. The van der Waals surface area contributed by atoms with Crippen molar-refractivity contribution in [3.8, 4) is 5.75 Å². The summed E-state index contributed by atoms with van der Waals surface area (Å²) in [6.07, 6.45) is 3.51. The first-order chi connectivity index (χ1) is 9.74. The van der Waals surface area contributed by atoms with Gasteiger partial charge in [-0.3, -0.25) is 4.79 Å². The molecule has 2 atom stereocenters. The summed E-state index contributed by atoms with van der Waals surface area (Å²) in [4.78, 5) is 12.2. The molecule has 2 heterocycles. The molecule has 1 amide bonds. The molecule has 116 valence electrons. The minimum Gasteiger partial charge on any atom is -0.493 e. The Bertz CT molecular complexity index is 506. The topological polar surface area (TPSA) is 50.4 Å². The molecule has 0 bridgehead atoms. The number of carbonyl (C=O) groups excluding carboxylic acids is 1. The Balaban J connectivity index is 0.00000161. The third kappa shape index (κ3) is 3.66. The second kappa shape index (κ2) is 7.09. The highest BCUT2D eigenvalue weighted by molar-refractivity contribution is 5.85. The van der Waals surface area contributed by atoms with Crippen LogP contribution in [0, 0.1) is 5.82 Å². The number of nitrogens with one attached hydrogen (secondary N) is 2. The van der Waals surface area contributed by atoms with Crippen molar-refractivity contribution < 1.29 is 13.9 Å². The first kappa shape index (κ1) is 16.0. The van der Waals surface area contributed by atoms with Crippen molar-refractivity contribution in [2.24, 2.45) is 0 Å². The minimum atomic E-state index is -0.299. The maximum Gasteiger partial charge on any atom is 0.237 e. The highest BCUT2D eigenvalue weighted by atomic mass is 35.5. The Kier molecular flexibility index (Phi) is 5.42. The number of halogens is 2. The number of amides is 1. The van der Waals surface area contributed by atoms with Crippen molar-refractivity contribution in [1.82, 2.24) is 10.6 Å². The van der Waals surface area contributed by atoms with E-state index in [9.17, 15) is 9.18 Å². The second-order valence-corrected chi connectivity index (χ2v) is 5.38. The maximum atomic E-state index is 13.5. The van der Waals surface area contributed by atoms with Crippen LogP contribution in [0.1, 0.15) is 37.3 Å². The van der Waals surface area contributed by atoms with Crippen LogP contribution in [0.4, 0.5) is 4.39 Å². The quantitative estimate of drug-likeness (QED) is 0.881. The summed E-state index contributed by atoms with van der Waals surface area (Å²) in [5.74, 6) is 0.380. The Morgan fingerprint density at radius 2 is 2.19 bits per heavy atom. The van der Waals surface area contributed by atoms with Gasteiger partial charge in [-0.25, -0.2) is 4.39 Å². The normalized spacial score (nSPS) is 24.2. The number of carbonyl (C=O) groups is 1. The van der Waals surface area contributed by atoms with Crippen molar-refractivity contribution in [3.05, 3.63) is 29.6 Å². The largest absolute Gasteiger partial charge is 0.493 e. The van der Waals surface area contributed by atoms with Gasteiger partial charge in [-0.05, 0) is 50.4 Å². The Morgan fingerprint density at radius 1 is 1.33 bits per heavy atom. The van der Waals surface area contributed by atoms with Gasteiger partial charge in [0.25, 0.3) is 0 Å². The van der Waals surface area contributed by atoms with E-state index in [-0.39, 0.29) is 36.2 Å². The van der Waals surface area contributed by atoms with Crippen molar-refractivity contribution in [3.63, 3.8) is 0 Å². The van der Waals surface area contributed by atoms with Crippen LogP contribution in [0.15, 0.2) is 18.2 Å². The van der Waals surface area contributed by atoms with Crippen LogP contribution in [0.2, 0.25) is 0 Å². The lowest BCUT2D eigenvalue weighted by atomic mass is 10.0. The van der Waals surface area contributed by atoms with E-state index in [1.54, 1.807) is 6.07 Å². The zero-order valence-electron chi connectivity index (χ0n) is 11.7. The lowest BCUT2D eigenvalue weighted by Gasteiger charge is -2.20. The van der Waals surface area contributed by atoms with E-state index < -0.39 is 0 Å². The van der Waals surface area contributed by atoms with Gasteiger partial charge in [-0.15, -0.1) is 12.4 Å². The molecule has 1 saturated heterocycles. The van der Waals surface area contributed by atoms with E-state index in [1.807, 2.05) is 0 Å². The molecule has 4 nitrogen and oxygen atoms in total. The van der Waals surface area contributed by atoms with Crippen molar-refractivity contribution in [1.29, 1.82) is 0 Å². The first-order valence-electron chi connectivity index (χ1n) is 7.20. The van der Waals surface area contributed by atoms with Crippen molar-refractivity contribution in [2.75, 3.05) is 13.2 Å². The lowest BCUT2D eigenvalue weighted by molar-refractivity contribution is -0.123. The van der Waals surface area contributed by atoms with Gasteiger partial charge in [-0.1, -0.05) is 0 Å². The third-order valence-corrected chi connectivity index (χ3v) is 3.94. The molecule has 3 rings (SSSR count). The molecule has 0 radical (unpaired) electrons. The number of benzene rings is 1. The predicted octanol–water partition coefficient (Wildman–Crippen LogP) is 2.33. The van der Waals surface area contributed by atoms with Crippen molar-refractivity contribution in [2.45, 2.75) is 37.8 Å². The van der Waals surface area contributed by atoms with E-state index in [1.165, 1.54) is 12.1 Å². The standard InChI is InChI=1S/C15H19FN2O2.ClH/c16-10-5-6-14-11(9-10)12(4-2-8-20-14)18-15(19)13-3-1-7-17-13;/h5-6,9,12-13,17H,1-4,7-8H2,(H,18,19);1H. The molecule has 0 saturated carbocycles. The van der Waals surface area contributed by atoms with Crippen LogP contribution >= 0.6 is 12.4 Å². The van der Waals surface area contributed by atoms with Crippen LogP contribution in [0.5, 0.6) is 5.75 Å². The summed E-state index contributed by atoms with van der Waals surface area (Å²) in [6.45, 7) is 1.49. The maximum absolute atomic E-state index is 13.5. The van der Waals surface area contributed by atoms with E-state index in [0.717, 1.165) is 37.8 Å². The highest BCUT2D eigenvalue weighted by Gasteiger charge is 2.27. The number of hydrogen-bond acceptors (Lipinski definition) is 3. The molecule has 2 aliphatic rings. The van der Waals surface area contributed by atoms with Crippen LogP contribution in [-0.4, -0.2) is 25.1 Å². The fraction of sp³-hybridized carbons (Fsp3) is 0.533. The van der Waals surface area contributed by atoms with Crippen LogP contribution < -0.4 is 15.4 Å². The number of fused-ring (bicyclic) bond motifs is 1. The first-order valence-corrected chi connectivity index (χ1v) is 7.20. The molecule has 21 heavy (non-hydrogen) atoms. The molecule has 0 spiro atoms.